The average molecular weight is 215 g/mol. The molecule has 0 aliphatic heterocycles. The molecule has 0 bridgehead atoms. The zero-order valence-corrected chi connectivity index (χ0v) is 9.23. The fourth-order valence-corrected chi connectivity index (χ4v) is 1.59. The van der Waals surface area contributed by atoms with Crippen LogP contribution in [0.4, 0.5) is 11.9 Å². The Kier molecular flexibility index (Phi) is 5.21. The van der Waals surface area contributed by atoms with E-state index in [0.29, 0.717) is 11.9 Å². The number of nitrogens with one attached hydrogen (secondary N) is 2. The lowest BCUT2D eigenvalue weighted by Gasteiger charge is -2.00. The quantitative estimate of drug-likeness (QED) is 0.598. The zero-order valence-electron chi connectivity index (χ0n) is 8.42. The summed E-state index contributed by atoms with van der Waals surface area (Å²) >= 11 is 1.89. The standard InChI is InChI=1S/C8H17N5S/c1-14-6-4-2-3-5-10-8-11-7(9)12-13-8/h2-6H2,1H3,(H4,9,10,11,12,13). The van der Waals surface area contributed by atoms with Crippen LogP contribution in [-0.4, -0.2) is 33.7 Å². The van der Waals surface area contributed by atoms with E-state index in [2.05, 4.69) is 26.8 Å². The Morgan fingerprint density at radius 2 is 2.29 bits per heavy atom. The molecule has 4 N–H and O–H groups in total. The van der Waals surface area contributed by atoms with Gasteiger partial charge in [-0.2, -0.15) is 16.7 Å². The first-order chi connectivity index (χ1) is 6.83. The second-order valence-electron chi connectivity index (χ2n) is 3.02. The van der Waals surface area contributed by atoms with Gasteiger partial charge in [0.05, 0.1) is 0 Å². The molecular weight excluding hydrogens is 198 g/mol. The van der Waals surface area contributed by atoms with Crippen molar-refractivity contribution >= 4 is 23.7 Å². The van der Waals surface area contributed by atoms with Gasteiger partial charge in [-0.05, 0) is 24.9 Å². The van der Waals surface area contributed by atoms with Crippen LogP contribution >= 0.6 is 11.8 Å². The molecule has 14 heavy (non-hydrogen) atoms. The molecule has 0 saturated heterocycles. The maximum Gasteiger partial charge on any atom is 0.243 e. The lowest BCUT2D eigenvalue weighted by Crippen LogP contribution is -2.03. The summed E-state index contributed by atoms with van der Waals surface area (Å²) in [6, 6.07) is 0. The van der Waals surface area contributed by atoms with Gasteiger partial charge in [0.1, 0.15) is 0 Å². The molecule has 1 heterocycles. The molecular formula is C8H17N5S. The number of unbranched alkanes of at least 4 members (excludes halogenated alkanes) is 2. The van der Waals surface area contributed by atoms with E-state index in [0.717, 1.165) is 13.0 Å². The molecule has 1 aromatic rings. The number of aromatic nitrogens is 3. The normalized spacial score (nSPS) is 10.4. The summed E-state index contributed by atoms with van der Waals surface area (Å²) in [4.78, 5) is 3.94. The molecule has 6 heteroatoms. The molecule has 0 radical (unpaired) electrons. The van der Waals surface area contributed by atoms with E-state index in [1.54, 1.807) is 0 Å². The highest BCUT2D eigenvalue weighted by molar-refractivity contribution is 7.98. The van der Waals surface area contributed by atoms with E-state index in [1.807, 2.05) is 11.8 Å². The van der Waals surface area contributed by atoms with Gasteiger partial charge < -0.3 is 11.1 Å². The van der Waals surface area contributed by atoms with Gasteiger partial charge in [0, 0.05) is 6.54 Å². The van der Waals surface area contributed by atoms with Crippen molar-refractivity contribution in [3.8, 4) is 0 Å². The third kappa shape index (κ3) is 4.36. The van der Waals surface area contributed by atoms with Crippen LogP contribution in [0.2, 0.25) is 0 Å². The Hall–Kier alpha value is -0.910. The van der Waals surface area contributed by atoms with Gasteiger partial charge in [-0.3, -0.25) is 0 Å². The van der Waals surface area contributed by atoms with Crippen molar-refractivity contribution in [1.29, 1.82) is 0 Å². The molecule has 0 aliphatic carbocycles. The Labute approximate surface area is 88.3 Å². The third-order valence-corrected chi connectivity index (χ3v) is 2.51. The maximum atomic E-state index is 5.38. The van der Waals surface area contributed by atoms with E-state index < -0.39 is 0 Å². The smallest absolute Gasteiger partial charge is 0.243 e. The van der Waals surface area contributed by atoms with Crippen LogP contribution in [0.1, 0.15) is 19.3 Å². The molecule has 0 aliphatic rings. The monoisotopic (exact) mass is 215 g/mol. The fraction of sp³-hybridized carbons (Fsp3) is 0.750. The first kappa shape index (κ1) is 11.2. The summed E-state index contributed by atoms with van der Waals surface area (Å²) in [5, 5.41) is 9.56. The average Bonchev–Trinajstić information content (AvgIpc) is 2.58. The van der Waals surface area contributed by atoms with E-state index in [-0.39, 0.29) is 0 Å². The Morgan fingerprint density at radius 1 is 1.43 bits per heavy atom. The van der Waals surface area contributed by atoms with Crippen molar-refractivity contribution in [3.05, 3.63) is 0 Å². The largest absolute Gasteiger partial charge is 0.368 e. The van der Waals surface area contributed by atoms with Crippen molar-refractivity contribution in [2.24, 2.45) is 0 Å². The summed E-state index contributed by atoms with van der Waals surface area (Å²) < 4.78 is 0. The number of nitrogens with zero attached hydrogens (tertiary/aromatic N) is 2. The van der Waals surface area contributed by atoms with Gasteiger partial charge in [-0.25, -0.2) is 5.10 Å². The van der Waals surface area contributed by atoms with Gasteiger partial charge in [0.25, 0.3) is 0 Å². The predicted molar refractivity (Wildman–Crippen MR) is 61.5 cm³/mol. The van der Waals surface area contributed by atoms with Crippen LogP contribution in [0.3, 0.4) is 0 Å². The SMILES string of the molecule is CSCCCCCNc1n[nH]c(N)n1. The topological polar surface area (TPSA) is 79.6 Å². The van der Waals surface area contributed by atoms with Crippen LogP contribution in [0, 0.1) is 0 Å². The molecule has 0 amide bonds. The summed E-state index contributed by atoms with van der Waals surface area (Å²) in [5.41, 5.74) is 5.38. The van der Waals surface area contributed by atoms with Gasteiger partial charge in [0.15, 0.2) is 0 Å². The zero-order chi connectivity index (χ0) is 10.2. The van der Waals surface area contributed by atoms with E-state index in [4.69, 9.17) is 5.73 Å². The summed E-state index contributed by atoms with van der Waals surface area (Å²) in [7, 11) is 0. The first-order valence-corrected chi connectivity index (χ1v) is 6.13. The number of anilines is 2. The second kappa shape index (κ2) is 6.53. The number of hydrogen-bond donors (Lipinski definition) is 3. The van der Waals surface area contributed by atoms with Gasteiger partial charge in [-0.1, -0.05) is 6.42 Å². The number of nitrogens with two attached hydrogens (primary N) is 1. The van der Waals surface area contributed by atoms with E-state index >= 15 is 0 Å². The van der Waals surface area contributed by atoms with Gasteiger partial charge in [-0.15, -0.1) is 5.10 Å². The van der Waals surface area contributed by atoms with Crippen molar-refractivity contribution < 1.29 is 0 Å². The minimum atomic E-state index is 0.356. The van der Waals surface area contributed by atoms with Crippen LogP contribution in [0.25, 0.3) is 0 Å². The molecule has 80 valence electrons. The highest BCUT2D eigenvalue weighted by Crippen LogP contribution is 2.03. The number of nitrogen functional groups attached to an aromatic ring is 1. The highest BCUT2D eigenvalue weighted by atomic mass is 32.2. The van der Waals surface area contributed by atoms with Crippen molar-refractivity contribution in [2.45, 2.75) is 19.3 Å². The van der Waals surface area contributed by atoms with Gasteiger partial charge >= 0.3 is 0 Å². The number of rotatable bonds is 7. The lowest BCUT2D eigenvalue weighted by atomic mass is 10.2. The number of thioether (sulfide) groups is 1. The molecule has 0 spiro atoms. The minimum Gasteiger partial charge on any atom is -0.368 e. The van der Waals surface area contributed by atoms with Crippen molar-refractivity contribution in [2.75, 3.05) is 29.6 Å². The fourth-order valence-electron chi connectivity index (χ4n) is 1.10. The summed E-state index contributed by atoms with van der Waals surface area (Å²) in [6.07, 6.45) is 5.80. The highest BCUT2D eigenvalue weighted by Gasteiger charge is 1.97. The van der Waals surface area contributed by atoms with Gasteiger partial charge in [0.2, 0.25) is 11.9 Å². The van der Waals surface area contributed by atoms with Crippen LogP contribution in [0.5, 0.6) is 0 Å². The van der Waals surface area contributed by atoms with Crippen LogP contribution in [-0.2, 0) is 0 Å². The molecule has 0 atom stereocenters. The van der Waals surface area contributed by atoms with Crippen molar-refractivity contribution in [3.63, 3.8) is 0 Å². The number of aromatic amines is 1. The number of hydrogen-bond acceptors (Lipinski definition) is 5. The van der Waals surface area contributed by atoms with E-state index in [1.165, 1.54) is 18.6 Å². The number of H-pyrrole nitrogens is 1. The second-order valence-corrected chi connectivity index (χ2v) is 4.01. The van der Waals surface area contributed by atoms with Crippen molar-refractivity contribution in [1.82, 2.24) is 15.2 Å². The minimum absolute atomic E-state index is 0.356. The maximum absolute atomic E-state index is 5.38. The molecule has 0 aromatic carbocycles. The molecule has 1 rings (SSSR count). The predicted octanol–water partition coefficient (Wildman–Crippen LogP) is 1.33. The summed E-state index contributed by atoms with van der Waals surface area (Å²) in [6.45, 7) is 0.908. The summed E-state index contributed by atoms with van der Waals surface area (Å²) in [5.74, 6) is 2.19. The Bertz CT molecular complexity index is 250. The molecule has 0 unspecified atom stereocenters. The lowest BCUT2D eigenvalue weighted by molar-refractivity contribution is 0.746. The third-order valence-electron chi connectivity index (χ3n) is 1.81. The van der Waals surface area contributed by atoms with E-state index in [9.17, 15) is 0 Å². The van der Waals surface area contributed by atoms with Crippen LogP contribution < -0.4 is 11.1 Å². The first-order valence-electron chi connectivity index (χ1n) is 4.73. The molecule has 5 nitrogen and oxygen atoms in total. The Balaban J connectivity index is 1.99. The molecule has 1 aromatic heterocycles. The molecule has 0 fully saturated rings. The molecule has 0 saturated carbocycles. The Morgan fingerprint density at radius 3 is 2.93 bits per heavy atom. The van der Waals surface area contributed by atoms with Crippen LogP contribution in [0.15, 0.2) is 0 Å².